The average molecular weight is 939 g/mol. The van der Waals surface area contributed by atoms with Crippen LogP contribution in [0.15, 0.2) is 57.5 Å². The molecule has 5 heterocycles. The van der Waals surface area contributed by atoms with Gasteiger partial charge in [-0.2, -0.15) is 0 Å². The van der Waals surface area contributed by atoms with Crippen LogP contribution in [0.4, 0.5) is 11.4 Å². The lowest BCUT2D eigenvalue weighted by Gasteiger charge is -2.38. The minimum absolute atomic E-state index is 0.0118. The van der Waals surface area contributed by atoms with E-state index in [1.54, 1.807) is 45.9 Å². The molecule has 1 aliphatic carbocycles. The molecule has 5 aliphatic heterocycles. The van der Waals surface area contributed by atoms with Crippen molar-refractivity contribution in [3.8, 4) is 23.0 Å². The number of nitrogens with zero attached hydrogens (tertiary/aromatic N) is 3. The Hall–Kier alpha value is -6.30. The first-order chi connectivity index (χ1) is 32.1. The molecule has 8 rings (SSSR count). The second kappa shape index (κ2) is 19.4. The van der Waals surface area contributed by atoms with Crippen molar-refractivity contribution in [1.82, 2.24) is 9.88 Å². The van der Waals surface area contributed by atoms with Crippen molar-refractivity contribution in [2.45, 2.75) is 106 Å². The number of methoxy groups -OCH3 is 1. The minimum Gasteiger partial charge on any atom is -0.507 e. The number of nitrogens with one attached hydrogen (secondary N) is 1. The molecular formula is C51H62N4O13. The first kappa shape index (κ1) is 49.6. The fourth-order valence-electron chi connectivity index (χ4n) is 9.68. The highest BCUT2D eigenvalue weighted by Crippen LogP contribution is 2.51. The van der Waals surface area contributed by atoms with Crippen molar-refractivity contribution in [1.29, 1.82) is 0 Å². The van der Waals surface area contributed by atoms with Gasteiger partial charge in [0.2, 0.25) is 11.3 Å². The molecule has 17 nitrogen and oxygen atoms in total. The van der Waals surface area contributed by atoms with E-state index in [4.69, 9.17) is 28.3 Å². The van der Waals surface area contributed by atoms with Crippen LogP contribution in [0.1, 0.15) is 83.3 Å². The highest BCUT2D eigenvalue weighted by Gasteiger charge is 2.50. The maximum Gasteiger partial charge on any atom is 0.312 e. The Morgan fingerprint density at radius 2 is 1.65 bits per heavy atom. The number of aryl methyl sites for hydroxylation is 1. The van der Waals surface area contributed by atoms with Crippen LogP contribution in [-0.4, -0.2) is 112 Å². The summed E-state index contributed by atoms with van der Waals surface area (Å²) in [6.45, 7) is 18.5. The molecule has 4 N–H and O–H groups in total. The summed E-state index contributed by atoms with van der Waals surface area (Å²) in [4.78, 5) is 77.7. The number of esters is 1. The summed E-state index contributed by atoms with van der Waals surface area (Å²) in [7, 11) is 1.44. The van der Waals surface area contributed by atoms with E-state index in [9.17, 15) is 39.3 Å². The lowest BCUT2D eigenvalue weighted by molar-refractivity contribution is -0.160. The summed E-state index contributed by atoms with van der Waals surface area (Å²) in [5, 5.41) is 37.3. The Morgan fingerprint density at radius 1 is 0.956 bits per heavy atom. The van der Waals surface area contributed by atoms with Gasteiger partial charge in [-0.1, -0.05) is 52.8 Å². The second-order valence-electron chi connectivity index (χ2n) is 18.6. The summed E-state index contributed by atoms with van der Waals surface area (Å²) in [5.74, 6) is -7.24. The van der Waals surface area contributed by atoms with Gasteiger partial charge < -0.3 is 53.8 Å². The molecule has 0 radical (unpaired) electrons. The van der Waals surface area contributed by atoms with Crippen LogP contribution in [0, 0.1) is 37.5 Å². The second-order valence-corrected chi connectivity index (χ2v) is 18.6. The number of aliphatic hydroxyl groups is 2. The number of amides is 2. The van der Waals surface area contributed by atoms with Crippen molar-refractivity contribution < 1.29 is 57.9 Å². The van der Waals surface area contributed by atoms with Crippen LogP contribution in [0.5, 0.6) is 11.5 Å². The van der Waals surface area contributed by atoms with Gasteiger partial charge in [0, 0.05) is 106 Å². The van der Waals surface area contributed by atoms with E-state index < -0.39 is 82.7 Å². The number of aromatic hydroxyl groups is 1. The van der Waals surface area contributed by atoms with Crippen LogP contribution in [0.2, 0.25) is 0 Å². The molecule has 5 bridgehead atoms. The molecule has 6 aliphatic rings. The van der Waals surface area contributed by atoms with Gasteiger partial charge in [0.1, 0.15) is 34.5 Å². The predicted molar refractivity (Wildman–Crippen MR) is 255 cm³/mol. The van der Waals surface area contributed by atoms with Gasteiger partial charge in [-0.3, -0.25) is 24.0 Å². The summed E-state index contributed by atoms with van der Waals surface area (Å²) in [6, 6.07) is 3.72. The third kappa shape index (κ3) is 8.94. The number of phenolic OH excluding ortho intramolecular Hbond substituents is 1. The molecule has 9 atom stereocenters. The van der Waals surface area contributed by atoms with Crippen molar-refractivity contribution in [2.75, 3.05) is 43.5 Å². The summed E-state index contributed by atoms with van der Waals surface area (Å²) in [6.07, 6.45) is 3.99. The predicted octanol–water partition coefficient (Wildman–Crippen LogP) is 6.32. The quantitative estimate of drug-likeness (QED) is 0.0998. The maximum atomic E-state index is 14.9. The zero-order chi connectivity index (χ0) is 49.7. The molecule has 17 heteroatoms. The Labute approximate surface area is 394 Å². The zero-order valence-corrected chi connectivity index (χ0v) is 40.5. The van der Waals surface area contributed by atoms with Crippen LogP contribution < -0.4 is 20.4 Å². The number of carbonyl (C=O) groups excluding carboxylic acids is 4. The molecular weight excluding hydrogens is 877 g/mol. The number of benzene rings is 3. The van der Waals surface area contributed by atoms with E-state index in [2.05, 4.69) is 10.2 Å². The SMILES string of the molecule is CCC(=O)N1CCN(c2cc(C)c3nc4c5c6c7c(C)c(O)c5c(=O)c(c-4oc3c2)NC(=O)/C(C)=C\C=C\[C@H](C)[C@H](O)[C@@H](C)[C@@H](O)[C@@H](C)[C@H](OC(C)=O)[C@H](C)[C@@H](OC)/C=C/O[C@@](C)(O7)C6=O)CC1. The molecule has 0 aromatic heterocycles. The van der Waals surface area contributed by atoms with Crippen LogP contribution in [-0.2, 0) is 28.6 Å². The first-order valence-corrected chi connectivity index (χ1v) is 23.1. The number of rotatable bonds is 4. The van der Waals surface area contributed by atoms with Crippen LogP contribution >= 0.6 is 0 Å². The van der Waals surface area contributed by atoms with Gasteiger partial charge in [0.25, 0.3) is 11.7 Å². The molecule has 68 heavy (non-hydrogen) atoms. The molecule has 2 amide bonds. The van der Waals surface area contributed by atoms with Gasteiger partial charge >= 0.3 is 11.8 Å². The van der Waals surface area contributed by atoms with E-state index in [1.165, 1.54) is 53.2 Å². The van der Waals surface area contributed by atoms with Crippen molar-refractivity contribution in [3.05, 3.63) is 75.2 Å². The molecule has 0 saturated carbocycles. The number of aromatic nitrogens is 1. The zero-order valence-electron chi connectivity index (χ0n) is 40.5. The van der Waals surface area contributed by atoms with Gasteiger partial charge in [0.15, 0.2) is 11.3 Å². The van der Waals surface area contributed by atoms with Gasteiger partial charge in [-0.15, -0.1) is 0 Å². The first-order valence-electron chi connectivity index (χ1n) is 23.1. The Bertz CT molecular complexity index is 2790. The number of anilines is 2. The summed E-state index contributed by atoms with van der Waals surface area (Å²) in [5.41, 5.74) is 1.05. The van der Waals surface area contributed by atoms with Crippen molar-refractivity contribution in [2.24, 2.45) is 23.7 Å². The molecule has 364 valence electrons. The normalized spacial score (nSPS) is 29.1. The van der Waals surface area contributed by atoms with E-state index in [-0.39, 0.29) is 61.9 Å². The number of ether oxygens (including phenoxy) is 4. The highest BCUT2D eigenvalue weighted by atomic mass is 16.7. The highest BCUT2D eigenvalue weighted by molar-refractivity contribution is 6.22. The number of hydrogen-bond donors (Lipinski definition) is 4. The monoisotopic (exact) mass is 938 g/mol. The topological polar surface area (TPSA) is 227 Å². The molecule has 0 spiro atoms. The number of phenols is 1. The smallest absolute Gasteiger partial charge is 0.312 e. The number of piperazine rings is 1. The summed E-state index contributed by atoms with van der Waals surface area (Å²) >= 11 is 0. The molecule has 2 aromatic carbocycles. The number of Topliss-reactive ketones (excluding diaryl/α,β-unsaturated/α-hetero) is 1. The minimum atomic E-state index is -2.05. The molecule has 2 aromatic rings. The fourth-order valence-corrected chi connectivity index (χ4v) is 9.68. The Balaban J connectivity index is 1.43. The number of allylic oxidation sites excluding steroid dienone is 2. The van der Waals surface area contributed by atoms with E-state index in [0.29, 0.717) is 43.7 Å². The lowest BCUT2D eigenvalue weighted by atomic mass is 9.78. The average Bonchev–Trinajstić information content (AvgIpc) is 3.58. The largest absolute Gasteiger partial charge is 0.507 e. The third-order valence-corrected chi connectivity index (χ3v) is 13.9. The molecule has 1 saturated heterocycles. The number of aliphatic hydroxyl groups excluding tert-OH is 2. The van der Waals surface area contributed by atoms with E-state index in [0.717, 1.165) is 5.69 Å². The fraction of sp³-hybridized carbons (Fsp3) is 0.490. The van der Waals surface area contributed by atoms with Crippen molar-refractivity contribution in [3.63, 3.8) is 0 Å². The molecule has 1 fully saturated rings. The van der Waals surface area contributed by atoms with Gasteiger partial charge in [-0.25, -0.2) is 4.98 Å². The number of fused-ring (bicyclic) bond motifs is 14. The number of carbonyl (C=O) groups is 4. The number of ketones is 1. The van der Waals surface area contributed by atoms with E-state index in [1.807, 2.05) is 24.8 Å². The van der Waals surface area contributed by atoms with Gasteiger partial charge in [-0.05, 0) is 38.5 Å². The lowest BCUT2D eigenvalue weighted by Crippen LogP contribution is -2.48. The molecule has 0 unspecified atom stereocenters. The number of hydrogen-bond acceptors (Lipinski definition) is 15. The van der Waals surface area contributed by atoms with Crippen LogP contribution in [0.3, 0.4) is 0 Å². The Morgan fingerprint density at radius 3 is 2.29 bits per heavy atom. The van der Waals surface area contributed by atoms with Crippen molar-refractivity contribution >= 4 is 56.8 Å². The Kier molecular flexibility index (Phi) is 14.1. The van der Waals surface area contributed by atoms with E-state index >= 15 is 0 Å². The van der Waals surface area contributed by atoms with Crippen LogP contribution in [0.25, 0.3) is 33.3 Å². The standard InChI is InChI=1S/C51H62N4O13/c1-12-35(57)55-19-17-54(18-20-55)32-22-26(4)39-34(23-32)67-48-40(52-39)36-37-44(60)30(8)47-38(36)49(62)51(10,68-47)65-21-16-33(64-11)27(5)46(66-31(9)56)29(7)43(59)28(6)42(58)24(2)14-13-15-25(3)50(63)53-41(48)45(37)61/h13-16,21-24,27-29,33,42-43,46,58-60H,12,17-20H2,1-11H3,(H,53,63)/b14-13+,21-16+,25-15-/t24-,27+,28+,29+,33-,42-,43+,46+,51-/m0/s1. The third-order valence-electron chi connectivity index (χ3n) is 13.9. The summed E-state index contributed by atoms with van der Waals surface area (Å²) < 4.78 is 30.6. The maximum absolute atomic E-state index is 14.9. The van der Waals surface area contributed by atoms with Gasteiger partial charge in [0.05, 0.1) is 35.5 Å².